The number of rotatable bonds is 1. The van der Waals surface area contributed by atoms with Gasteiger partial charge < -0.3 is 10.1 Å². The second kappa shape index (κ2) is 5.52. The highest BCUT2D eigenvalue weighted by molar-refractivity contribution is 5.85. The number of hydrogen-bond donors (Lipinski definition) is 1. The first kappa shape index (κ1) is 16.6. The summed E-state index contributed by atoms with van der Waals surface area (Å²) < 4.78 is 42.9. The smallest absolute Gasteiger partial charge is 0.416 e. The molecule has 3 nitrogen and oxygen atoms in total. The van der Waals surface area contributed by atoms with Gasteiger partial charge in [0.05, 0.1) is 11.6 Å². The van der Waals surface area contributed by atoms with Gasteiger partial charge in [0.25, 0.3) is 0 Å². The molecule has 0 radical (unpaired) electrons. The van der Waals surface area contributed by atoms with E-state index in [-0.39, 0.29) is 19.0 Å². The van der Waals surface area contributed by atoms with Gasteiger partial charge in [-0.05, 0) is 17.7 Å². The normalized spacial score (nSPS) is 21.4. The lowest BCUT2D eigenvalue weighted by molar-refractivity contribution is -0.137. The first-order chi connectivity index (χ1) is 8.70. The van der Waals surface area contributed by atoms with E-state index in [1.54, 1.807) is 6.07 Å². The van der Waals surface area contributed by atoms with Crippen LogP contribution >= 0.6 is 12.4 Å². The van der Waals surface area contributed by atoms with Crippen LogP contribution in [0.25, 0.3) is 0 Å². The molecule has 1 heterocycles. The van der Waals surface area contributed by atoms with Crippen molar-refractivity contribution in [2.45, 2.75) is 26.1 Å². The minimum Gasteiger partial charge on any atom is -0.449 e. The molecule has 1 N–H and O–H groups in total. The molecule has 1 aliphatic heterocycles. The number of benzene rings is 1. The summed E-state index contributed by atoms with van der Waals surface area (Å²) in [7, 11) is 0. The molecule has 1 aliphatic rings. The number of amides is 1. The average Bonchev–Trinajstić information content (AvgIpc) is 2.31. The molecule has 112 valence electrons. The standard InChI is InChI=1S/C13H14F3NO2.ClH/c1-12(2)7-19-11(18)17-10(12)8-4-3-5-9(6-8)13(14,15)16;/h3-6,10H,7H2,1-2H3,(H,17,18);1H/t10-;/m0./s1. The number of alkyl carbamates (subject to hydrolysis) is 1. The maximum absolute atomic E-state index is 12.7. The van der Waals surface area contributed by atoms with Crippen LogP contribution < -0.4 is 5.32 Å². The summed E-state index contributed by atoms with van der Waals surface area (Å²) in [5.41, 5.74) is -0.768. The molecule has 0 unspecified atom stereocenters. The number of hydrogen-bond acceptors (Lipinski definition) is 2. The van der Waals surface area contributed by atoms with Gasteiger partial charge in [-0.3, -0.25) is 0 Å². The summed E-state index contributed by atoms with van der Waals surface area (Å²) in [6, 6.07) is 4.50. The monoisotopic (exact) mass is 309 g/mol. The van der Waals surface area contributed by atoms with E-state index in [2.05, 4.69) is 5.32 Å². The van der Waals surface area contributed by atoms with Crippen LogP contribution in [-0.4, -0.2) is 12.7 Å². The zero-order valence-corrected chi connectivity index (χ0v) is 11.8. The number of cyclic esters (lactones) is 1. The zero-order chi connectivity index (χ0) is 14.3. The summed E-state index contributed by atoms with van der Waals surface area (Å²) in [5, 5.41) is 2.57. The van der Waals surface area contributed by atoms with Crippen molar-refractivity contribution in [3.05, 3.63) is 35.4 Å². The lowest BCUT2D eigenvalue weighted by atomic mass is 9.80. The molecule has 1 saturated heterocycles. The zero-order valence-electron chi connectivity index (χ0n) is 11.0. The Kier molecular flexibility index (Phi) is 4.59. The minimum atomic E-state index is -4.39. The Hall–Kier alpha value is -1.43. The molecule has 1 aromatic rings. The van der Waals surface area contributed by atoms with Crippen LogP contribution in [0.1, 0.15) is 31.0 Å². The van der Waals surface area contributed by atoms with Gasteiger partial charge in [0.2, 0.25) is 0 Å². The van der Waals surface area contributed by atoms with Crippen molar-refractivity contribution < 1.29 is 22.7 Å². The molecular weight excluding hydrogens is 295 g/mol. The van der Waals surface area contributed by atoms with Gasteiger partial charge >= 0.3 is 12.3 Å². The van der Waals surface area contributed by atoms with Gasteiger partial charge in [-0.1, -0.05) is 26.0 Å². The van der Waals surface area contributed by atoms with E-state index in [1.165, 1.54) is 6.07 Å². The third kappa shape index (κ3) is 3.36. The van der Waals surface area contributed by atoms with Gasteiger partial charge in [-0.15, -0.1) is 12.4 Å². The van der Waals surface area contributed by atoms with Crippen LogP contribution in [0.3, 0.4) is 0 Å². The van der Waals surface area contributed by atoms with E-state index >= 15 is 0 Å². The number of nitrogens with one attached hydrogen (secondary N) is 1. The van der Waals surface area contributed by atoms with Crippen molar-refractivity contribution in [3.63, 3.8) is 0 Å². The first-order valence-electron chi connectivity index (χ1n) is 5.80. The molecule has 1 amide bonds. The molecule has 7 heteroatoms. The van der Waals surface area contributed by atoms with Crippen LogP contribution in [0.15, 0.2) is 24.3 Å². The van der Waals surface area contributed by atoms with Crippen molar-refractivity contribution in [3.8, 4) is 0 Å². The lowest BCUT2D eigenvalue weighted by Gasteiger charge is -2.38. The minimum absolute atomic E-state index is 0. The quantitative estimate of drug-likeness (QED) is 0.853. The van der Waals surface area contributed by atoms with Gasteiger partial charge in [0.1, 0.15) is 6.61 Å². The Labute approximate surface area is 120 Å². The Morgan fingerprint density at radius 1 is 1.35 bits per heavy atom. The number of alkyl halides is 3. The van der Waals surface area contributed by atoms with Crippen LogP contribution in [0, 0.1) is 5.41 Å². The van der Waals surface area contributed by atoms with Gasteiger partial charge in [0, 0.05) is 5.41 Å². The summed E-state index contributed by atoms with van der Waals surface area (Å²) in [6.45, 7) is 3.83. The second-order valence-electron chi connectivity index (χ2n) is 5.27. The number of halogens is 4. The average molecular weight is 310 g/mol. The summed E-state index contributed by atoms with van der Waals surface area (Å²) in [4.78, 5) is 11.3. The third-order valence-electron chi connectivity index (χ3n) is 3.17. The fraction of sp³-hybridized carbons (Fsp3) is 0.462. The van der Waals surface area contributed by atoms with Crippen molar-refractivity contribution in [2.24, 2.45) is 5.41 Å². The summed E-state index contributed by atoms with van der Waals surface area (Å²) >= 11 is 0. The van der Waals surface area contributed by atoms with E-state index < -0.39 is 29.3 Å². The largest absolute Gasteiger partial charge is 0.449 e. The van der Waals surface area contributed by atoms with Crippen molar-refractivity contribution in [1.29, 1.82) is 0 Å². The second-order valence-corrected chi connectivity index (χ2v) is 5.27. The first-order valence-corrected chi connectivity index (χ1v) is 5.80. The topological polar surface area (TPSA) is 38.3 Å². The highest BCUT2D eigenvalue weighted by atomic mass is 35.5. The summed E-state index contributed by atoms with van der Waals surface area (Å²) in [6.07, 6.45) is -5.00. The van der Waals surface area contributed by atoms with E-state index in [0.717, 1.165) is 12.1 Å². The van der Waals surface area contributed by atoms with Crippen LogP contribution in [0.5, 0.6) is 0 Å². The fourth-order valence-electron chi connectivity index (χ4n) is 2.12. The van der Waals surface area contributed by atoms with Crippen molar-refractivity contribution in [2.75, 3.05) is 6.61 Å². The highest BCUT2D eigenvalue weighted by Gasteiger charge is 2.39. The Morgan fingerprint density at radius 2 is 2.00 bits per heavy atom. The van der Waals surface area contributed by atoms with Gasteiger partial charge in [-0.25, -0.2) is 4.79 Å². The SMILES string of the molecule is CC1(C)COC(=O)N[C@H]1c1cccc(C(F)(F)F)c1.Cl. The van der Waals surface area contributed by atoms with E-state index in [1.807, 2.05) is 13.8 Å². The fourth-order valence-corrected chi connectivity index (χ4v) is 2.12. The molecule has 1 fully saturated rings. The Morgan fingerprint density at radius 3 is 2.60 bits per heavy atom. The maximum Gasteiger partial charge on any atom is 0.416 e. The molecule has 1 atom stereocenters. The molecular formula is C13H15ClF3NO2. The number of carbonyl (C=O) groups excluding carboxylic acids is 1. The molecule has 0 aliphatic carbocycles. The Bertz CT molecular complexity index is 503. The van der Waals surface area contributed by atoms with Crippen LogP contribution in [0.2, 0.25) is 0 Å². The molecule has 2 rings (SSSR count). The van der Waals surface area contributed by atoms with Crippen LogP contribution in [0.4, 0.5) is 18.0 Å². The molecule has 0 spiro atoms. The van der Waals surface area contributed by atoms with E-state index in [9.17, 15) is 18.0 Å². The van der Waals surface area contributed by atoms with E-state index in [4.69, 9.17) is 4.74 Å². The summed E-state index contributed by atoms with van der Waals surface area (Å²) in [5.74, 6) is 0. The van der Waals surface area contributed by atoms with Crippen LogP contribution in [-0.2, 0) is 10.9 Å². The number of ether oxygens (including phenoxy) is 1. The predicted molar refractivity (Wildman–Crippen MR) is 69.7 cm³/mol. The lowest BCUT2D eigenvalue weighted by Crippen LogP contribution is -2.46. The maximum atomic E-state index is 12.7. The molecule has 0 aromatic heterocycles. The molecule has 20 heavy (non-hydrogen) atoms. The van der Waals surface area contributed by atoms with E-state index in [0.29, 0.717) is 5.56 Å². The predicted octanol–water partition coefficient (Wildman–Crippen LogP) is 3.93. The van der Waals surface area contributed by atoms with Crippen molar-refractivity contribution in [1.82, 2.24) is 5.32 Å². The molecule has 0 saturated carbocycles. The molecule has 1 aromatic carbocycles. The highest BCUT2D eigenvalue weighted by Crippen LogP contribution is 2.38. The third-order valence-corrected chi connectivity index (χ3v) is 3.17. The van der Waals surface area contributed by atoms with Crippen molar-refractivity contribution >= 4 is 18.5 Å². The van der Waals surface area contributed by atoms with Gasteiger partial charge in [-0.2, -0.15) is 13.2 Å². The number of carbonyl (C=O) groups is 1. The van der Waals surface area contributed by atoms with Gasteiger partial charge in [0.15, 0.2) is 0 Å². The molecule has 0 bridgehead atoms. The Balaban J connectivity index is 0.00000200.